The molecule has 4 nitrogen and oxygen atoms in total. The maximum atomic E-state index is 6.18. The lowest BCUT2D eigenvalue weighted by Crippen LogP contribution is -2.12. The molecule has 0 atom stereocenters. The number of aromatic amines is 1. The van der Waals surface area contributed by atoms with E-state index in [-0.39, 0.29) is 6.10 Å². The molecule has 3 aromatic rings. The van der Waals surface area contributed by atoms with Crippen LogP contribution in [0.2, 0.25) is 0 Å². The van der Waals surface area contributed by atoms with E-state index in [1.54, 1.807) is 7.11 Å². The first-order chi connectivity index (χ1) is 11.7. The van der Waals surface area contributed by atoms with Crippen LogP contribution < -0.4 is 9.47 Å². The van der Waals surface area contributed by atoms with Crippen molar-refractivity contribution in [2.75, 3.05) is 7.11 Å². The molecule has 5 heteroatoms. The first-order valence-electron chi connectivity index (χ1n) is 8.24. The van der Waals surface area contributed by atoms with Crippen LogP contribution in [0, 0.1) is 0 Å². The molecule has 4 rings (SSSR count). The standard InChI is InChI=1S/C19H19BrN2O2/c1-23-17-11-12(19-21-15-8-4-5-9-16(15)22-19)10-14(20)18(17)24-13-6-2-3-7-13/h4-5,8-11,13H,2-3,6-7H2,1H3,(H,21,22). The Bertz CT molecular complexity index is 836. The van der Waals surface area contributed by atoms with Crippen LogP contribution in [0.3, 0.4) is 0 Å². The molecule has 0 amide bonds. The predicted molar refractivity (Wildman–Crippen MR) is 98.7 cm³/mol. The van der Waals surface area contributed by atoms with E-state index >= 15 is 0 Å². The molecule has 1 aliphatic carbocycles. The number of para-hydroxylation sites is 2. The first-order valence-corrected chi connectivity index (χ1v) is 9.03. The van der Waals surface area contributed by atoms with Crippen LogP contribution in [-0.4, -0.2) is 23.2 Å². The quantitative estimate of drug-likeness (QED) is 0.659. The minimum absolute atomic E-state index is 0.284. The van der Waals surface area contributed by atoms with E-state index in [0.717, 1.165) is 51.2 Å². The molecule has 1 N–H and O–H groups in total. The normalized spacial score (nSPS) is 15.1. The Morgan fingerprint density at radius 1 is 1.17 bits per heavy atom. The number of fused-ring (bicyclic) bond motifs is 1. The van der Waals surface area contributed by atoms with Gasteiger partial charge < -0.3 is 14.5 Å². The molecular formula is C19H19BrN2O2. The van der Waals surface area contributed by atoms with Gasteiger partial charge in [-0.3, -0.25) is 0 Å². The van der Waals surface area contributed by atoms with Crippen LogP contribution in [0.25, 0.3) is 22.4 Å². The Hall–Kier alpha value is -2.01. The second-order valence-electron chi connectivity index (χ2n) is 6.12. The highest BCUT2D eigenvalue weighted by Crippen LogP contribution is 2.41. The average Bonchev–Trinajstić information content (AvgIpc) is 3.25. The van der Waals surface area contributed by atoms with Gasteiger partial charge in [-0.15, -0.1) is 0 Å². The second kappa shape index (κ2) is 6.48. The van der Waals surface area contributed by atoms with Crippen molar-refractivity contribution in [3.05, 3.63) is 40.9 Å². The van der Waals surface area contributed by atoms with E-state index in [4.69, 9.17) is 9.47 Å². The number of ether oxygens (including phenoxy) is 2. The number of hydrogen-bond donors (Lipinski definition) is 1. The zero-order valence-corrected chi connectivity index (χ0v) is 15.1. The summed E-state index contributed by atoms with van der Waals surface area (Å²) >= 11 is 3.64. The Balaban J connectivity index is 1.72. The Morgan fingerprint density at radius 2 is 1.96 bits per heavy atom. The summed E-state index contributed by atoms with van der Waals surface area (Å²) in [6, 6.07) is 12.0. The number of nitrogens with zero attached hydrogens (tertiary/aromatic N) is 1. The zero-order chi connectivity index (χ0) is 16.5. The topological polar surface area (TPSA) is 47.1 Å². The maximum absolute atomic E-state index is 6.18. The van der Waals surface area contributed by atoms with Crippen molar-refractivity contribution < 1.29 is 9.47 Å². The van der Waals surface area contributed by atoms with Crippen molar-refractivity contribution in [2.24, 2.45) is 0 Å². The number of rotatable bonds is 4. The Morgan fingerprint density at radius 3 is 2.71 bits per heavy atom. The lowest BCUT2D eigenvalue weighted by Gasteiger charge is -2.18. The molecule has 0 aliphatic heterocycles. The highest BCUT2D eigenvalue weighted by molar-refractivity contribution is 9.10. The molecule has 124 valence electrons. The molecular weight excluding hydrogens is 368 g/mol. The molecule has 2 aromatic carbocycles. The molecule has 1 fully saturated rings. The van der Waals surface area contributed by atoms with Gasteiger partial charge in [0.1, 0.15) is 5.82 Å². The van der Waals surface area contributed by atoms with Gasteiger partial charge in [0.25, 0.3) is 0 Å². The van der Waals surface area contributed by atoms with Crippen LogP contribution >= 0.6 is 15.9 Å². The summed E-state index contributed by atoms with van der Waals surface area (Å²) in [7, 11) is 1.67. The Labute approximate surface area is 149 Å². The minimum Gasteiger partial charge on any atom is -0.493 e. The predicted octanol–water partition coefficient (Wildman–Crippen LogP) is 5.32. The number of nitrogens with one attached hydrogen (secondary N) is 1. The van der Waals surface area contributed by atoms with Gasteiger partial charge in [0.2, 0.25) is 0 Å². The number of aromatic nitrogens is 2. The second-order valence-corrected chi connectivity index (χ2v) is 6.97. The summed E-state index contributed by atoms with van der Waals surface area (Å²) in [6.07, 6.45) is 4.98. The summed E-state index contributed by atoms with van der Waals surface area (Å²) < 4.78 is 12.6. The molecule has 0 saturated heterocycles. The lowest BCUT2D eigenvalue weighted by molar-refractivity contribution is 0.199. The smallest absolute Gasteiger partial charge is 0.175 e. The van der Waals surface area contributed by atoms with Gasteiger partial charge in [-0.2, -0.15) is 0 Å². The van der Waals surface area contributed by atoms with E-state index in [9.17, 15) is 0 Å². The third-order valence-electron chi connectivity index (χ3n) is 4.48. The molecule has 0 bridgehead atoms. The van der Waals surface area contributed by atoms with Gasteiger partial charge in [-0.25, -0.2) is 4.98 Å². The molecule has 0 spiro atoms. The number of methoxy groups -OCH3 is 1. The number of halogens is 1. The van der Waals surface area contributed by atoms with Crippen molar-refractivity contribution >= 4 is 27.0 Å². The monoisotopic (exact) mass is 386 g/mol. The summed E-state index contributed by atoms with van der Waals surface area (Å²) in [4.78, 5) is 8.01. The molecule has 24 heavy (non-hydrogen) atoms. The number of benzene rings is 2. The fourth-order valence-corrected chi connectivity index (χ4v) is 3.77. The first kappa shape index (κ1) is 15.5. The van der Waals surface area contributed by atoms with E-state index in [0.29, 0.717) is 0 Å². The van der Waals surface area contributed by atoms with Crippen LogP contribution in [0.5, 0.6) is 11.5 Å². The van der Waals surface area contributed by atoms with Crippen LogP contribution in [0.15, 0.2) is 40.9 Å². The van der Waals surface area contributed by atoms with E-state index in [1.165, 1.54) is 12.8 Å². The third kappa shape index (κ3) is 2.88. The van der Waals surface area contributed by atoms with Crippen molar-refractivity contribution in [1.82, 2.24) is 9.97 Å². The minimum atomic E-state index is 0.284. The molecule has 0 unspecified atom stereocenters. The fourth-order valence-electron chi connectivity index (χ4n) is 3.23. The maximum Gasteiger partial charge on any atom is 0.175 e. The van der Waals surface area contributed by atoms with Crippen molar-refractivity contribution in [3.8, 4) is 22.9 Å². The number of imidazole rings is 1. The largest absolute Gasteiger partial charge is 0.493 e. The molecule has 0 radical (unpaired) electrons. The van der Waals surface area contributed by atoms with E-state index in [2.05, 4.69) is 25.9 Å². The zero-order valence-electron chi connectivity index (χ0n) is 13.5. The molecule has 1 saturated carbocycles. The molecule has 1 aromatic heterocycles. The SMILES string of the molecule is COc1cc(-c2nc3ccccc3[nH]2)cc(Br)c1OC1CCCC1. The van der Waals surface area contributed by atoms with Crippen molar-refractivity contribution in [1.29, 1.82) is 0 Å². The van der Waals surface area contributed by atoms with Crippen molar-refractivity contribution in [3.63, 3.8) is 0 Å². The van der Waals surface area contributed by atoms with Gasteiger partial charge in [0.05, 0.1) is 28.7 Å². The van der Waals surface area contributed by atoms with Crippen LogP contribution in [0.1, 0.15) is 25.7 Å². The van der Waals surface area contributed by atoms with Crippen LogP contribution in [-0.2, 0) is 0 Å². The lowest BCUT2D eigenvalue weighted by atomic mass is 10.2. The average molecular weight is 387 g/mol. The summed E-state index contributed by atoms with van der Waals surface area (Å²) in [5.41, 5.74) is 2.94. The summed E-state index contributed by atoms with van der Waals surface area (Å²) in [6.45, 7) is 0. The molecule has 1 aliphatic rings. The highest BCUT2D eigenvalue weighted by Gasteiger charge is 2.21. The Kier molecular flexibility index (Phi) is 4.19. The molecule has 1 heterocycles. The van der Waals surface area contributed by atoms with Gasteiger partial charge in [0.15, 0.2) is 11.5 Å². The van der Waals surface area contributed by atoms with Gasteiger partial charge in [0, 0.05) is 5.56 Å². The van der Waals surface area contributed by atoms with Gasteiger partial charge in [-0.1, -0.05) is 12.1 Å². The fraction of sp³-hybridized carbons (Fsp3) is 0.316. The summed E-state index contributed by atoms with van der Waals surface area (Å²) in [5, 5.41) is 0. The van der Waals surface area contributed by atoms with Crippen LogP contribution in [0.4, 0.5) is 0 Å². The van der Waals surface area contributed by atoms with E-state index < -0.39 is 0 Å². The van der Waals surface area contributed by atoms with Crippen molar-refractivity contribution in [2.45, 2.75) is 31.8 Å². The van der Waals surface area contributed by atoms with E-state index in [1.807, 2.05) is 36.4 Å². The van der Waals surface area contributed by atoms with Gasteiger partial charge >= 0.3 is 0 Å². The number of H-pyrrole nitrogens is 1. The highest BCUT2D eigenvalue weighted by atomic mass is 79.9. The summed E-state index contributed by atoms with van der Waals surface area (Å²) in [5.74, 6) is 2.33. The van der Waals surface area contributed by atoms with Gasteiger partial charge in [-0.05, 0) is 65.9 Å². The number of hydrogen-bond acceptors (Lipinski definition) is 3. The third-order valence-corrected chi connectivity index (χ3v) is 5.07.